The van der Waals surface area contributed by atoms with Gasteiger partial charge >= 0.3 is 0 Å². The minimum atomic E-state index is -0.181. The lowest BCUT2D eigenvalue weighted by Gasteiger charge is -2.24. The summed E-state index contributed by atoms with van der Waals surface area (Å²) >= 11 is 10.3. The minimum absolute atomic E-state index is 0.0817. The average Bonchev–Trinajstić information content (AvgIpc) is 3.21. The SMILES string of the molecule is CC(C)(C)c1cc2ccc(CC(C)(C)c3cc4ccc(F)cc4s3)c(Cl)c2s1. The molecule has 0 aliphatic heterocycles. The molecule has 28 heavy (non-hydrogen) atoms. The zero-order valence-electron chi connectivity index (χ0n) is 16.8. The van der Waals surface area contributed by atoms with Gasteiger partial charge in [-0.3, -0.25) is 0 Å². The van der Waals surface area contributed by atoms with Crippen molar-refractivity contribution >= 4 is 54.4 Å². The van der Waals surface area contributed by atoms with Crippen molar-refractivity contribution in [3.8, 4) is 0 Å². The quantitative estimate of drug-likeness (QED) is 0.304. The van der Waals surface area contributed by atoms with Crippen molar-refractivity contribution in [3.63, 3.8) is 0 Å². The Kier molecular flexibility index (Phi) is 4.85. The second-order valence-electron chi connectivity index (χ2n) is 9.17. The Bertz CT molecular complexity index is 1170. The Morgan fingerprint density at radius 3 is 2.25 bits per heavy atom. The van der Waals surface area contributed by atoms with Crippen LogP contribution in [0.5, 0.6) is 0 Å². The van der Waals surface area contributed by atoms with Gasteiger partial charge in [-0.1, -0.05) is 64.4 Å². The van der Waals surface area contributed by atoms with Crippen LogP contribution >= 0.6 is 34.3 Å². The van der Waals surface area contributed by atoms with Crippen molar-refractivity contribution < 1.29 is 4.39 Å². The number of thiophene rings is 2. The summed E-state index contributed by atoms with van der Waals surface area (Å²) in [5.41, 5.74) is 1.21. The summed E-state index contributed by atoms with van der Waals surface area (Å²) in [6.07, 6.45) is 0.847. The van der Waals surface area contributed by atoms with Crippen LogP contribution in [-0.4, -0.2) is 0 Å². The van der Waals surface area contributed by atoms with E-state index in [0.29, 0.717) is 0 Å². The molecule has 0 bridgehead atoms. The molecule has 0 aliphatic rings. The molecular weight excluding hydrogens is 407 g/mol. The summed E-state index contributed by atoms with van der Waals surface area (Å²) < 4.78 is 15.7. The van der Waals surface area contributed by atoms with E-state index in [2.05, 4.69) is 58.9 Å². The molecule has 0 saturated carbocycles. The smallest absolute Gasteiger partial charge is 0.124 e. The Morgan fingerprint density at radius 2 is 1.54 bits per heavy atom. The Balaban J connectivity index is 1.72. The summed E-state index contributed by atoms with van der Waals surface area (Å²) in [5.74, 6) is -0.181. The molecular formula is C24H24ClFS2. The summed E-state index contributed by atoms with van der Waals surface area (Å²) in [4.78, 5) is 2.61. The molecule has 0 radical (unpaired) electrons. The van der Waals surface area contributed by atoms with Gasteiger partial charge < -0.3 is 0 Å². The molecule has 0 N–H and O–H groups in total. The van der Waals surface area contributed by atoms with E-state index in [0.717, 1.165) is 21.5 Å². The Hall–Kier alpha value is -1.42. The van der Waals surface area contributed by atoms with Crippen molar-refractivity contribution in [1.29, 1.82) is 0 Å². The standard InChI is InChI=1S/C24H24ClFS2/c1-23(2,3)19-11-15-6-7-16(21(25)22(15)28-19)13-24(4,5)20-10-14-8-9-17(26)12-18(14)27-20/h6-12H,13H2,1-5H3. The van der Waals surface area contributed by atoms with Crippen molar-refractivity contribution in [3.05, 3.63) is 68.6 Å². The first kappa shape index (κ1) is 19.9. The minimum Gasteiger partial charge on any atom is -0.207 e. The first-order valence-electron chi connectivity index (χ1n) is 9.45. The average molecular weight is 431 g/mol. The number of benzene rings is 2. The van der Waals surface area contributed by atoms with Gasteiger partial charge in [0.05, 0.1) is 9.72 Å². The second-order valence-corrected chi connectivity index (χ2v) is 11.7. The molecule has 2 aromatic heterocycles. The third-order valence-electron chi connectivity index (χ3n) is 5.23. The van der Waals surface area contributed by atoms with Crippen LogP contribution in [0.2, 0.25) is 5.02 Å². The number of halogens is 2. The summed E-state index contributed by atoms with van der Waals surface area (Å²) in [6, 6.07) is 13.8. The zero-order chi connectivity index (χ0) is 20.3. The van der Waals surface area contributed by atoms with Crippen LogP contribution in [0.4, 0.5) is 4.39 Å². The van der Waals surface area contributed by atoms with Gasteiger partial charge in [0.15, 0.2) is 0 Å². The van der Waals surface area contributed by atoms with E-state index in [1.54, 1.807) is 28.7 Å². The predicted molar refractivity (Wildman–Crippen MR) is 124 cm³/mol. The fraction of sp³-hybridized carbons (Fsp3) is 0.333. The van der Waals surface area contributed by atoms with Gasteiger partial charge in [-0.2, -0.15) is 0 Å². The molecule has 4 rings (SSSR count). The van der Waals surface area contributed by atoms with Crippen molar-refractivity contribution in [2.24, 2.45) is 0 Å². The highest BCUT2D eigenvalue weighted by Gasteiger charge is 2.26. The molecule has 4 aromatic rings. The molecule has 0 spiro atoms. The number of hydrogen-bond donors (Lipinski definition) is 0. The maximum absolute atomic E-state index is 13.6. The monoisotopic (exact) mass is 430 g/mol. The van der Waals surface area contributed by atoms with Crippen LogP contribution in [0.3, 0.4) is 0 Å². The lowest BCUT2D eigenvalue weighted by atomic mass is 9.84. The van der Waals surface area contributed by atoms with E-state index in [1.807, 2.05) is 6.07 Å². The van der Waals surface area contributed by atoms with Crippen LogP contribution in [0.1, 0.15) is 49.9 Å². The first-order valence-corrected chi connectivity index (χ1v) is 11.5. The van der Waals surface area contributed by atoms with E-state index >= 15 is 0 Å². The Labute approximate surface area is 179 Å². The molecule has 0 saturated heterocycles. The summed E-state index contributed by atoms with van der Waals surface area (Å²) in [5, 5.41) is 3.20. The number of fused-ring (bicyclic) bond motifs is 2. The third kappa shape index (κ3) is 3.60. The van der Waals surface area contributed by atoms with Gasteiger partial charge in [0.2, 0.25) is 0 Å². The fourth-order valence-electron chi connectivity index (χ4n) is 3.52. The maximum Gasteiger partial charge on any atom is 0.124 e. The Morgan fingerprint density at radius 1 is 0.857 bits per heavy atom. The number of rotatable bonds is 3. The van der Waals surface area contributed by atoms with E-state index in [9.17, 15) is 4.39 Å². The molecule has 146 valence electrons. The number of hydrogen-bond acceptors (Lipinski definition) is 2. The van der Waals surface area contributed by atoms with Crippen LogP contribution in [0, 0.1) is 5.82 Å². The first-order chi connectivity index (χ1) is 13.0. The molecule has 0 nitrogen and oxygen atoms in total. The highest BCUT2D eigenvalue weighted by atomic mass is 35.5. The van der Waals surface area contributed by atoms with E-state index < -0.39 is 0 Å². The molecule has 0 amide bonds. The van der Waals surface area contributed by atoms with Gasteiger partial charge in [0.1, 0.15) is 5.82 Å². The van der Waals surface area contributed by atoms with Crippen LogP contribution in [0.25, 0.3) is 20.2 Å². The van der Waals surface area contributed by atoms with E-state index in [1.165, 1.54) is 31.5 Å². The molecule has 0 atom stereocenters. The zero-order valence-corrected chi connectivity index (χ0v) is 19.2. The summed E-state index contributed by atoms with van der Waals surface area (Å²) in [6.45, 7) is 11.2. The lowest BCUT2D eigenvalue weighted by Crippen LogP contribution is -2.19. The largest absolute Gasteiger partial charge is 0.207 e. The normalized spacial score (nSPS) is 13.0. The van der Waals surface area contributed by atoms with Gasteiger partial charge in [0.25, 0.3) is 0 Å². The molecule has 0 unspecified atom stereocenters. The fourth-order valence-corrected chi connectivity index (χ4v) is 6.24. The molecule has 0 aliphatic carbocycles. The van der Waals surface area contributed by atoms with Crippen LogP contribution < -0.4 is 0 Å². The highest BCUT2D eigenvalue weighted by molar-refractivity contribution is 7.20. The molecule has 0 fully saturated rings. The van der Waals surface area contributed by atoms with Crippen molar-refractivity contribution in [2.75, 3.05) is 0 Å². The van der Waals surface area contributed by atoms with Crippen molar-refractivity contribution in [1.82, 2.24) is 0 Å². The van der Waals surface area contributed by atoms with E-state index in [4.69, 9.17) is 11.6 Å². The lowest BCUT2D eigenvalue weighted by molar-refractivity contribution is 0.534. The summed E-state index contributed by atoms with van der Waals surface area (Å²) in [7, 11) is 0. The second kappa shape index (κ2) is 6.83. The van der Waals surface area contributed by atoms with Crippen LogP contribution in [0.15, 0.2) is 42.5 Å². The van der Waals surface area contributed by atoms with Gasteiger partial charge in [0, 0.05) is 19.9 Å². The van der Waals surface area contributed by atoms with Crippen molar-refractivity contribution in [2.45, 2.75) is 51.9 Å². The third-order valence-corrected chi connectivity index (χ3v) is 8.83. The van der Waals surface area contributed by atoms with E-state index in [-0.39, 0.29) is 16.6 Å². The maximum atomic E-state index is 13.6. The van der Waals surface area contributed by atoms with Crippen LogP contribution in [-0.2, 0) is 17.3 Å². The highest BCUT2D eigenvalue weighted by Crippen LogP contribution is 2.42. The molecule has 2 aromatic carbocycles. The molecule has 2 heterocycles. The van der Waals surface area contributed by atoms with Gasteiger partial charge in [-0.25, -0.2) is 4.39 Å². The van der Waals surface area contributed by atoms with Gasteiger partial charge in [-0.05, 0) is 52.4 Å². The topological polar surface area (TPSA) is 0 Å². The van der Waals surface area contributed by atoms with Gasteiger partial charge in [-0.15, -0.1) is 22.7 Å². The predicted octanol–water partition coefficient (Wildman–Crippen LogP) is 8.73. The molecule has 4 heteroatoms.